The third-order valence-electron chi connectivity index (χ3n) is 2.90. The van der Waals surface area contributed by atoms with Gasteiger partial charge in [0.2, 0.25) is 0 Å². The molecule has 1 aliphatic rings. The summed E-state index contributed by atoms with van der Waals surface area (Å²) in [5.74, 6) is 2.18. The molecule has 0 heterocycles. The second-order valence-corrected chi connectivity index (χ2v) is 3.69. The molecule has 1 atom stereocenters. The fourth-order valence-corrected chi connectivity index (χ4v) is 2.03. The minimum atomic E-state index is -0.0974. The van der Waals surface area contributed by atoms with E-state index in [1.54, 1.807) is 28.4 Å². The summed E-state index contributed by atoms with van der Waals surface area (Å²) in [6.07, 6.45) is 1.84. The summed E-state index contributed by atoms with van der Waals surface area (Å²) in [7, 11) is 6.54. The van der Waals surface area contributed by atoms with E-state index in [4.69, 9.17) is 18.9 Å². The predicted molar refractivity (Wildman–Crippen MR) is 64.3 cm³/mol. The van der Waals surface area contributed by atoms with E-state index in [-0.39, 0.29) is 6.10 Å². The summed E-state index contributed by atoms with van der Waals surface area (Å²) in [5, 5.41) is 0. The Morgan fingerprint density at radius 3 is 2.06 bits per heavy atom. The Labute approximate surface area is 101 Å². The molecular weight excluding hydrogens is 220 g/mol. The number of fused-ring (bicyclic) bond motifs is 1. The highest BCUT2D eigenvalue weighted by Gasteiger charge is 2.26. The molecule has 0 aromatic heterocycles. The lowest BCUT2D eigenvalue weighted by Crippen LogP contribution is -1.98. The van der Waals surface area contributed by atoms with Crippen LogP contribution in [0.15, 0.2) is 18.2 Å². The normalized spacial score (nSPS) is 17.4. The van der Waals surface area contributed by atoms with Gasteiger partial charge in [-0.25, -0.2) is 0 Å². The Balaban J connectivity index is 2.54. The molecule has 17 heavy (non-hydrogen) atoms. The molecule has 4 heteroatoms. The Morgan fingerprint density at radius 1 is 0.882 bits per heavy atom. The minimum Gasteiger partial charge on any atom is -0.496 e. The molecule has 0 bridgehead atoms. The van der Waals surface area contributed by atoms with Crippen LogP contribution in [-0.2, 0) is 9.47 Å². The van der Waals surface area contributed by atoms with Crippen LogP contribution < -0.4 is 9.47 Å². The molecule has 4 nitrogen and oxygen atoms in total. The van der Waals surface area contributed by atoms with Crippen LogP contribution in [-0.4, -0.2) is 28.4 Å². The molecule has 92 valence electrons. The molecule has 0 amide bonds. The van der Waals surface area contributed by atoms with Crippen molar-refractivity contribution in [3.63, 3.8) is 0 Å². The summed E-state index contributed by atoms with van der Waals surface area (Å²) >= 11 is 0. The Bertz CT molecular complexity index is 451. The van der Waals surface area contributed by atoms with Crippen molar-refractivity contribution >= 4 is 5.76 Å². The first-order valence-corrected chi connectivity index (χ1v) is 5.30. The van der Waals surface area contributed by atoms with Gasteiger partial charge in [-0.05, 0) is 23.8 Å². The van der Waals surface area contributed by atoms with Gasteiger partial charge in [0, 0.05) is 12.7 Å². The van der Waals surface area contributed by atoms with Gasteiger partial charge in [-0.3, -0.25) is 0 Å². The fourth-order valence-electron chi connectivity index (χ4n) is 2.03. The third-order valence-corrected chi connectivity index (χ3v) is 2.90. The molecule has 2 rings (SSSR count). The SMILES string of the molecule is COC1=CC(OC)c2cc(OC)c(OC)cc21. The van der Waals surface area contributed by atoms with Crippen molar-refractivity contribution in [1.82, 2.24) is 0 Å². The van der Waals surface area contributed by atoms with Gasteiger partial charge in [0.25, 0.3) is 0 Å². The fraction of sp³-hybridized carbons (Fsp3) is 0.385. The quantitative estimate of drug-likeness (QED) is 0.804. The van der Waals surface area contributed by atoms with E-state index in [2.05, 4.69) is 0 Å². The maximum absolute atomic E-state index is 5.39. The summed E-state index contributed by atoms with van der Waals surface area (Å²) in [5.41, 5.74) is 2.01. The molecular formula is C13H16O4. The van der Waals surface area contributed by atoms with E-state index in [1.807, 2.05) is 18.2 Å². The van der Waals surface area contributed by atoms with Gasteiger partial charge in [0.05, 0.1) is 21.3 Å². The minimum absolute atomic E-state index is 0.0974. The van der Waals surface area contributed by atoms with Crippen LogP contribution >= 0.6 is 0 Å². The van der Waals surface area contributed by atoms with E-state index in [0.29, 0.717) is 11.5 Å². The second-order valence-electron chi connectivity index (χ2n) is 3.69. The first-order valence-electron chi connectivity index (χ1n) is 5.30. The van der Waals surface area contributed by atoms with E-state index in [1.165, 1.54) is 0 Å². The van der Waals surface area contributed by atoms with Crippen molar-refractivity contribution in [3.8, 4) is 11.5 Å². The number of ether oxygens (including phenoxy) is 4. The lowest BCUT2D eigenvalue weighted by atomic mass is 10.1. The van der Waals surface area contributed by atoms with Crippen molar-refractivity contribution in [2.24, 2.45) is 0 Å². The highest BCUT2D eigenvalue weighted by molar-refractivity contribution is 5.72. The predicted octanol–water partition coefficient (Wildman–Crippen LogP) is 2.39. The molecule has 0 saturated carbocycles. The number of hydrogen-bond donors (Lipinski definition) is 0. The van der Waals surface area contributed by atoms with Crippen molar-refractivity contribution < 1.29 is 18.9 Å². The molecule has 0 fully saturated rings. The van der Waals surface area contributed by atoms with E-state index in [0.717, 1.165) is 16.9 Å². The maximum atomic E-state index is 5.39. The van der Waals surface area contributed by atoms with Crippen LogP contribution in [0.4, 0.5) is 0 Å². The largest absolute Gasteiger partial charge is 0.496 e. The molecule has 1 aliphatic carbocycles. The zero-order valence-corrected chi connectivity index (χ0v) is 10.4. The van der Waals surface area contributed by atoms with Crippen LogP contribution in [0.5, 0.6) is 11.5 Å². The van der Waals surface area contributed by atoms with E-state index in [9.17, 15) is 0 Å². The standard InChI is InChI=1S/C13H16O4/c1-14-10-7-11(15-2)9-6-13(17-4)12(16-3)5-8(9)10/h5-7,10H,1-4H3. The van der Waals surface area contributed by atoms with Crippen molar-refractivity contribution in [2.75, 3.05) is 28.4 Å². The van der Waals surface area contributed by atoms with Crippen molar-refractivity contribution in [3.05, 3.63) is 29.3 Å². The maximum Gasteiger partial charge on any atom is 0.161 e. The molecule has 1 aromatic rings. The Hall–Kier alpha value is -1.68. The highest BCUT2D eigenvalue weighted by Crippen LogP contribution is 2.42. The monoisotopic (exact) mass is 236 g/mol. The van der Waals surface area contributed by atoms with Crippen molar-refractivity contribution in [2.45, 2.75) is 6.10 Å². The average molecular weight is 236 g/mol. The van der Waals surface area contributed by atoms with Gasteiger partial charge >= 0.3 is 0 Å². The molecule has 1 aromatic carbocycles. The summed E-state index contributed by atoms with van der Waals surface area (Å²) < 4.78 is 21.3. The third kappa shape index (κ3) is 1.85. The number of hydrogen-bond acceptors (Lipinski definition) is 4. The molecule has 0 radical (unpaired) electrons. The lowest BCUT2D eigenvalue weighted by Gasteiger charge is -2.13. The van der Waals surface area contributed by atoms with Crippen LogP contribution in [0.1, 0.15) is 17.2 Å². The molecule has 1 unspecified atom stereocenters. The van der Waals surface area contributed by atoms with E-state index >= 15 is 0 Å². The van der Waals surface area contributed by atoms with Crippen LogP contribution in [0, 0.1) is 0 Å². The summed E-state index contributed by atoms with van der Waals surface area (Å²) in [6.45, 7) is 0. The lowest BCUT2D eigenvalue weighted by molar-refractivity contribution is 0.144. The van der Waals surface area contributed by atoms with Crippen LogP contribution in [0.25, 0.3) is 5.76 Å². The summed E-state index contributed by atoms with van der Waals surface area (Å²) in [4.78, 5) is 0. The number of methoxy groups -OCH3 is 4. The number of benzene rings is 1. The molecule has 0 spiro atoms. The zero-order valence-electron chi connectivity index (χ0n) is 10.4. The number of rotatable bonds is 4. The first kappa shape index (κ1) is 11.8. The Morgan fingerprint density at radius 2 is 1.53 bits per heavy atom. The molecule has 0 saturated heterocycles. The molecule has 0 aliphatic heterocycles. The van der Waals surface area contributed by atoms with E-state index < -0.39 is 0 Å². The van der Waals surface area contributed by atoms with Gasteiger partial charge in [0.1, 0.15) is 11.9 Å². The van der Waals surface area contributed by atoms with Gasteiger partial charge < -0.3 is 18.9 Å². The summed E-state index contributed by atoms with van der Waals surface area (Å²) in [6, 6.07) is 3.83. The smallest absolute Gasteiger partial charge is 0.161 e. The van der Waals surface area contributed by atoms with Crippen molar-refractivity contribution in [1.29, 1.82) is 0 Å². The van der Waals surface area contributed by atoms with Gasteiger partial charge in [-0.1, -0.05) is 0 Å². The van der Waals surface area contributed by atoms with Gasteiger partial charge in [0.15, 0.2) is 11.5 Å². The average Bonchev–Trinajstić information content (AvgIpc) is 2.73. The second kappa shape index (κ2) is 4.67. The van der Waals surface area contributed by atoms with Crippen LogP contribution in [0.3, 0.4) is 0 Å². The van der Waals surface area contributed by atoms with Crippen LogP contribution in [0.2, 0.25) is 0 Å². The zero-order chi connectivity index (χ0) is 12.4. The van der Waals surface area contributed by atoms with Gasteiger partial charge in [-0.15, -0.1) is 0 Å². The Kier molecular flexibility index (Phi) is 3.24. The first-order chi connectivity index (χ1) is 8.24. The molecule has 0 N–H and O–H groups in total. The van der Waals surface area contributed by atoms with Gasteiger partial charge in [-0.2, -0.15) is 0 Å². The topological polar surface area (TPSA) is 36.9 Å². The highest BCUT2D eigenvalue weighted by atomic mass is 16.5.